The van der Waals surface area contributed by atoms with E-state index in [1.54, 1.807) is 0 Å². The molecule has 65 heavy (non-hydrogen) atoms. The predicted molar refractivity (Wildman–Crippen MR) is 279 cm³/mol. The van der Waals surface area contributed by atoms with Gasteiger partial charge in [0.2, 0.25) is 0 Å². The van der Waals surface area contributed by atoms with E-state index < -0.39 is 6.10 Å². The van der Waals surface area contributed by atoms with E-state index in [4.69, 9.17) is 14.2 Å². The first-order valence-electron chi connectivity index (χ1n) is 28.5. The molecule has 0 aliphatic carbocycles. The van der Waals surface area contributed by atoms with Crippen LogP contribution < -0.4 is 0 Å². The summed E-state index contributed by atoms with van der Waals surface area (Å²) in [7, 11) is 0. The van der Waals surface area contributed by atoms with Gasteiger partial charge in [0.1, 0.15) is 13.2 Å². The van der Waals surface area contributed by atoms with Gasteiger partial charge in [-0.2, -0.15) is 0 Å². The average molecular weight is 914 g/mol. The summed E-state index contributed by atoms with van der Waals surface area (Å²) in [4.78, 5) is 38.1. The van der Waals surface area contributed by atoms with E-state index in [9.17, 15) is 14.4 Å². The van der Waals surface area contributed by atoms with Gasteiger partial charge in [-0.25, -0.2) is 0 Å². The highest BCUT2D eigenvalue weighted by Crippen LogP contribution is 2.16. The molecule has 6 heteroatoms. The number of carbonyl (C=O) groups is 3. The zero-order chi connectivity index (χ0) is 47.2. The minimum absolute atomic E-state index is 0.0734. The van der Waals surface area contributed by atoms with E-state index in [1.807, 2.05) is 0 Å². The Kier molecular flexibility index (Phi) is 52.3. The summed E-state index contributed by atoms with van der Waals surface area (Å²) in [5.74, 6) is -0.871. The third-order valence-corrected chi connectivity index (χ3v) is 12.6. The minimum atomic E-state index is -0.775. The average Bonchev–Trinajstić information content (AvgIpc) is 3.30. The maximum absolute atomic E-state index is 12.8. The second-order valence-corrected chi connectivity index (χ2v) is 19.2. The maximum atomic E-state index is 12.8. The quantitative estimate of drug-likeness (QED) is 0.0262. The molecule has 0 radical (unpaired) electrons. The van der Waals surface area contributed by atoms with Crippen LogP contribution in [0.4, 0.5) is 0 Å². The Balaban J connectivity index is 4.34. The molecular formula is C59H108O6. The minimum Gasteiger partial charge on any atom is -0.462 e. The highest BCUT2D eigenvalue weighted by atomic mass is 16.6. The number of hydrogen-bond donors (Lipinski definition) is 0. The molecule has 0 aromatic carbocycles. The molecule has 0 amide bonds. The van der Waals surface area contributed by atoms with Crippen LogP contribution in [-0.2, 0) is 28.6 Å². The molecule has 0 aromatic rings. The molecule has 0 bridgehead atoms. The Labute approximate surface area is 404 Å². The number of hydrogen-bond acceptors (Lipinski definition) is 6. The summed E-state index contributed by atoms with van der Waals surface area (Å²) in [5.41, 5.74) is 0. The van der Waals surface area contributed by atoms with Gasteiger partial charge in [-0.05, 0) is 77.0 Å². The first-order valence-corrected chi connectivity index (χ1v) is 28.5. The lowest BCUT2D eigenvalue weighted by molar-refractivity contribution is -0.167. The van der Waals surface area contributed by atoms with Gasteiger partial charge >= 0.3 is 17.9 Å². The molecule has 0 aromatic heterocycles. The normalized spacial score (nSPS) is 12.2. The van der Waals surface area contributed by atoms with Gasteiger partial charge < -0.3 is 14.2 Å². The Bertz CT molecular complexity index is 1090. The molecule has 0 rings (SSSR count). The second-order valence-electron chi connectivity index (χ2n) is 19.2. The SMILES string of the molecule is CCCCC/C=C\C/C=C\CCCCCCCCCC(=O)OC(COC(=O)CCCCCCCCC/C=C\CCCCCCCCC)COC(=O)CCCCCCCCCCCCCC. The molecule has 0 saturated heterocycles. The van der Waals surface area contributed by atoms with Crippen LogP contribution in [0.2, 0.25) is 0 Å². The van der Waals surface area contributed by atoms with Crippen molar-refractivity contribution in [3.05, 3.63) is 36.5 Å². The van der Waals surface area contributed by atoms with Crippen molar-refractivity contribution in [3.8, 4) is 0 Å². The first-order chi connectivity index (χ1) is 32.0. The van der Waals surface area contributed by atoms with Crippen LogP contribution in [0.15, 0.2) is 36.5 Å². The topological polar surface area (TPSA) is 78.9 Å². The summed E-state index contributed by atoms with van der Waals surface area (Å²) in [6.45, 7) is 6.63. The van der Waals surface area contributed by atoms with Gasteiger partial charge in [0.05, 0.1) is 0 Å². The van der Waals surface area contributed by atoms with E-state index in [2.05, 4.69) is 57.2 Å². The molecule has 0 saturated carbocycles. The summed E-state index contributed by atoms with van der Waals surface area (Å²) >= 11 is 0. The molecular weight excluding hydrogens is 805 g/mol. The summed E-state index contributed by atoms with van der Waals surface area (Å²) in [5, 5.41) is 0. The number of unbranched alkanes of at least 4 members (excludes halogenated alkanes) is 35. The van der Waals surface area contributed by atoms with E-state index in [1.165, 1.54) is 193 Å². The van der Waals surface area contributed by atoms with Crippen molar-refractivity contribution in [2.75, 3.05) is 13.2 Å². The molecule has 0 heterocycles. The van der Waals surface area contributed by atoms with Crippen molar-refractivity contribution >= 4 is 17.9 Å². The van der Waals surface area contributed by atoms with Crippen LogP contribution in [0.5, 0.6) is 0 Å². The molecule has 6 nitrogen and oxygen atoms in total. The maximum Gasteiger partial charge on any atom is 0.306 e. The monoisotopic (exact) mass is 913 g/mol. The number of allylic oxidation sites excluding steroid dienone is 6. The number of rotatable bonds is 52. The van der Waals surface area contributed by atoms with Gasteiger partial charge in [0, 0.05) is 19.3 Å². The van der Waals surface area contributed by atoms with Crippen LogP contribution in [-0.4, -0.2) is 37.2 Å². The third kappa shape index (κ3) is 52.5. The van der Waals surface area contributed by atoms with Crippen LogP contribution in [0.25, 0.3) is 0 Å². The predicted octanol–water partition coefficient (Wildman–Crippen LogP) is 18.9. The van der Waals surface area contributed by atoms with Crippen molar-refractivity contribution in [2.24, 2.45) is 0 Å². The largest absolute Gasteiger partial charge is 0.462 e. The molecule has 0 aliphatic heterocycles. The molecule has 0 spiro atoms. The van der Waals surface area contributed by atoms with Crippen molar-refractivity contribution < 1.29 is 28.6 Å². The number of carbonyl (C=O) groups excluding carboxylic acids is 3. The molecule has 0 fully saturated rings. The van der Waals surface area contributed by atoms with Crippen LogP contribution in [0.1, 0.15) is 303 Å². The van der Waals surface area contributed by atoms with E-state index >= 15 is 0 Å². The summed E-state index contributed by atoms with van der Waals surface area (Å²) in [6, 6.07) is 0. The zero-order valence-corrected chi connectivity index (χ0v) is 43.5. The highest BCUT2D eigenvalue weighted by molar-refractivity contribution is 5.71. The van der Waals surface area contributed by atoms with Gasteiger partial charge in [0.25, 0.3) is 0 Å². The second kappa shape index (κ2) is 54.2. The standard InChI is InChI=1S/C59H108O6/c1-4-7-10-13-16-19-22-25-27-29-31-32-34-37-40-43-46-49-52-58(61)64-55-56(54-63-57(60)51-48-45-42-39-36-24-21-18-15-12-9-6-3)65-59(62)53-50-47-44-41-38-35-33-30-28-26-23-20-17-14-11-8-5-2/h17,20,26-29,56H,4-16,18-19,21-25,30-55H2,1-3H3/b20-17-,28-26-,29-27-. The molecule has 1 atom stereocenters. The van der Waals surface area contributed by atoms with Crippen LogP contribution in [0, 0.1) is 0 Å². The number of esters is 3. The van der Waals surface area contributed by atoms with Crippen molar-refractivity contribution in [3.63, 3.8) is 0 Å². The lowest BCUT2D eigenvalue weighted by atomic mass is 10.0. The third-order valence-electron chi connectivity index (χ3n) is 12.6. The highest BCUT2D eigenvalue weighted by Gasteiger charge is 2.19. The van der Waals surface area contributed by atoms with Crippen molar-refractivity contribution in [2.45, 2.75) is 309 Å². The Morgan fingerprint density at radius 3 is 0.892 bits per heavy atom. The van der Waals surface area contributed by atoms with Gasteiger partial charge in [-0.1, -0.05) is 243 Å². The van der Waals surface area contributed by atoms with Crippen molar-refractivity contribution in [1.82, 2.24) is 0 Å². The van der Waals surface area contributed by atoms with Crippen molar-refractivity contribution in [1.29, 1.82) is 0 Å². The van der Waals surface area contributed by atoms with Gasteiger partial charge in [-0.15, -0.1) is 0 Å². The fourth-order valence-electron chi connectivity index (χ4n) is 8.29. The van der Waals surface area contributed by atoms with E-state index in [0.29, 0.717) is 19.3 Å². The number of ether oxygens (including phenoxy) is 3. The van der Waals surface area contributed by atoms with E-state index in [0.717, 1.165) is 70.6 Å². The van der Waals surface area contributed by atoms with Gasteiger partial charge in [0.15, 0.2) is 6.10 Å². The lowest BCUT2D eigenvalue weighted by Gasteiger charge is -2.18. The molecule has 1 unspecified atom stereocenters. The Morgan fingerprint density at radius 2 is 0.554 bits per heavy atom. The van der Waals surface area contributed by atoms with Gasteiger partial charge in [-0.3, -0.25) is 14.4 Å². The summed E-state index contributed by atoms with van der Waals surface area (Å²) in [6.07, 6.45) is 64.1. The smallest absolute Gasteiger partial charge is 0.306 e. The zero-order valence-electron chi connectivity index (χ0n) is 43.5. The molecule has 0 N–H and O–H groups in total. The summed E-state index contributed by atoms with van der Waals surface area (Å²) < 4.78 is 16.9. The fraction of sp³-hybridized carbons (Fsp3) is 0.847. The molecule has 380 valence electrons. The fourth-order valence-corrected chi connectivity index (χ4v) is 8.29. The van der Waals surface area contributed by atoms with Crippen LogP contribution in [0.3, 0.4) is 0 Å². The lowest BCUT2D eigenvalue weighted by Crippen LogP contribution is -2.30. The van der Waals surface area contributed by atoms with Crippen LogP contribution >= 0.6 is 0 Å². The Morgan fingerprint density at radius 1 is 0.308 bits per heavy atom. The first kappa shape index (κ1) is 62.6. The Hall–Kier alpha value is -2.37. The molecule has 0 aliphatic rings. The van der Waals surface area contributed by atoms with E-state index in [-0.39, 0.29) is 31.1 Å².